The third-order valence-electron chi connectivity index (χ3n) is 2.72. The van der Waals surface area contributed by atoms with Crippen LogP contribution in [0.5, 0.6) is 0 Å². The normalized spacial score (nSPS) is 13.1. The van der Waals surface area contributed by atoms with Crippen LogP contribution >= 0.6 is 22.9 Å². The van der Waals surface area contributed by atoms with E-state index in [1.165, 1.54) is 10.4 Å². The Morgan fingerprint density at radius 3 is 2.62 bits per heavy atom. The molecule has 0 aromatic carbocycles. The smallest absolute Gasteiger partial charge is 0.0837 e. The SMILES string of the molecule is Cc1cc(C(N)c2c(Cl)cnn2C)sc1C. The minimum absolute atomic E-state index is 0.197. The number of aromatic nitrogens is 2. The molecule has 16 heavy (non-hydrogen) atoms. The second-order valence-electron chi connectivity index (χ2n) is 3.87. The number of nitrogens with two attached hydrogens (primary N) is 1. The lowest BCUT2D eigenvalue weighted by Gasteiger charge is -2.10. The molecule has 0 aliphatic heterocycles. The van der Waals surface area contributed by atoms with Gasteiger partial charge in [0.1, 0.15) is 0 Å². The highest BCUT2D eigenvalue weighted by Gasteiger charge is 2.19. The van der Waals surface area contributed by atoms with Crippen molar-refractivity contribution < 1.29 is 0 Å². The zero-order valence-corrected chi connectivity index (χ0v) is 11.1. The van der Waals surface area contributed by atoms with Gasteiger partial charge >= 0.3 is 0 Å². The van der Waals surface area contributed by atoms with Crippen molar-refractivity contribution in [2.24, 2.45) is 12.8 Å². The molecule has 0 bridgehead atoms. The Morgan fingerprint density at radius 1 is 1.50 bits per heavy atom. The molecule has 2 rings (SSSR count). The van der Waals surface area contributed by atoms with Gasteiger partial charge in [-0.3, -0.25) is 4.68 Å². The molecule has 5 heteroatoms. The molecule has 0 aliphatic rings. The number of aryl methyl sites for hydroxylation is 3. The van der Waals surface area contributed by atoms with E-state index in [1.54, 1.807) is 22.2 Å². The highest BCUT2D eigenvalue weighted by atomic mass is 35.5. The first-order valence-corrected chi connectivity index (χ1v) is 6.20. The van der Waals surface area contributed by atoms with Crippen molar-refractivity contribution in [1.29, 1.82) is 0 Å². The molecule has 1 atom stereocenters. The molecule has 2 aromatic heterocycles. The molecule has 2 aromatic rings. The highest BCUT2D eigenvalue weighted by Crippen LogP contribution is 2.31. The van der Waals surface area contributed by atoms with Gasteiger partial charge in [-0.05, 0) is 25.5 Å². The van der Waals surface area contributed by atoms with Crippen molar-refractivity contribution in [1.82, 2.24) is 9.78 Å². The summed E-state index contributed by atoms with van der Waals surface area (Å²) in [5.74, 6) is 0. The average molecular weight is 256 g/mol. The van der Waals surface area contributed by atoms with Crippen LogP contribution in [0, 0.1) is 13.8 Å². The fourth-order valence-electron chi connectivity index (χ4n) is 1.66. The van der Waals surface area contributed by atoms with Crippen LogP contribution in [0.15, 0.2) is 12.3 Å². The van der Waals surface area contributed by atoms with E-state index in [-0.39, 0.29) is 6.04 Å². The summed E-state index contributed by atoms with van der Waals surface area (Å²) in [7, 11) is 1.86. The summed E-state index contributed by atoms with van der Waals surface area (Å²) in [6.07, 6.45) is 1.63. The van der Waals surface area contributed by atoms with Gasteiger partial charge in [0.05, 0.1) is 23.0 Å². The van der Waals surface area contributed by atoms with Gasteiger partial charge in [0.25, 0.3) is 0 Å². The molecule has 0 saturated heterocycles. The molecule has 0 radical (unpaired) electrons. The Labute approximate surface area is 104 Å². The maximum absolute atomic E-state index is 6.21. The first-order chi connectivity index (χ1) is 7.50. The fourth-order valence-corrected chi connectivity index (χ4v) is 2.99. The van der Waals surface area contributed by atoms with Crippen molar-refractivity contribution in [3.63, 3.8) is 0 Å². The van der Waals surface area contributed by atoms with E-state index in [1.807, 2.05) is 7.05 Å². The predicted molar refractivity (Wildman–Crippen MR) is 68.0 cm³/mol. The summed E-state index contributed by atoms with van der Waals surface area (Å²) in [6, 6.07) is 1.92. The molecule has 0 saturated carbocycles. The topological polar surface area (TPSA) is 43.8 Å². The maximum Gasteiger partial charge on any atom is 0.0837 e. The van der Waals surface area contributed by atoms with E-state index in [0.717, 1.165) is 10.6 Å². The van der Waals surface area contributed by atoms with Crippen molar-refractivity contribution in [2.75, 3.05) is 0 Å². The highest BCUT2D eigenvalue weighted by molar-refractivity contribution is 7.12. The van der Waals surface area contributed by atoms with E-state index < -0.39 is 0 Å². The van der Waals surface area contributed by atoms with E-state index in [4.69, 9.17) is 17.3 Å². The van der Waals surface area contributed by atoms with Crippen LogP contribution in [0.2, 0.25) is 5.02 Å². The Balaban J connectivity index is 2.42. The van der Waals surface area contributed by atoms with Crippen molar-refractivity contribution in [3.05, 3.63) is 38.3 Å². The van der Waals surface area contributed by atoms with Crippen LogP contribution in [-0.2, 0) is 7.05 Å². The van der Waals surface area contributed by atoms with E-state index >= 15 is 0 Å². The molecule has 0 fully saturated rings. The quantitative estimate of drug-likeness (QED) is 0.897. The van der Waals surface area contributed by atoms with Gasteiger partial charge in [0, 0.05) is 16.8 Å². The number of thiophene rings is 1. The maximum atomic E-state index is 6.21. The molecule has 0 aliphatic carbocycles. The van der Waals surface area contributed by atoms with Gasteiger partial charge in [0.15, 0.2) is 0 Å². The number of hydrogen-bond donors (Lipinski definition) is 1. The van der Waals surface area contributed by atoms with Crippen LogP contribution in [0.4, 0.5) is 0 Å². The Hall–Kier alpha value is -0.840. The largest absolute Gasteiger partial charge is 0.318 e. The van der Waals surface area contributed by atoms with Crippen LogP contribution < -0.4 is 5.73 Å². The molecular weight excluding hydrogens is 242 g/mol. The predicted octanol–water partition coefficient (Wildman–Crippen LogP) is 2.80. The van der Waals surface area contributed by atoms with Crippen molar-refractivity contribution in [2.45, 2.75) is 19.9 Å². The lowest BCUT2D eigenvalue weighted by Crippen LogP contribution is -2.15. The van der Waals surface area contributed by atoms with Crippen LogP contribution in [0.3, 0.4) is 0 Å². The third kappa shape index (κ3) is 1.88. The summed E-state index contributed by atoms with van der Waals surface area (Å²) >= 11 is 7.79. The van der Waals surface area contributed by atoms with Crippen molar-refractivity contribution in [3.8, 4) is 0 Å². The second-order valence-corrected chi connectivity index (χ2v) is 5.56. The van der Waals surface area contributed by atoms with E-state index in [2.05, 4.69) is 25.0 Å². The van der Waals surface area contributed by atoms with Gasteiger partial charge in [-0.2, -0.15) is 5.10 Å². The Morgan fingerprint density at radius 2 is 2.19 bits per heavy atom. The summed E-state index contributed by atoms with van der Waals surface area (Å²) in [4.78, 5) is 2.42. The minimum atomic E-state index is -0.197. The number of rotatable bonds is 2. The van der Waals surface area contributed by atoms with E-state index in [9.17, 15) is 0 Å². The summed E-state index contributed by atoms with van der Waals surface area (Å²) in [5.41, 5.74) is 8.35. The molecule has 0 spiro atoms. The lowest BCUT2D eigenvalue weighted by molar-refractivity contribution is 0.678. The third-order valence-corrected chi connectivity index (χ3v) is 4.25. The first-order valence-electron chi connectivity index (χ1n) is 5.00. The molecule has 3 nitrogen and oxygen atoms in total. The summed E-state index contributed by atoms with van der Waals surface area (Å²) < 4.78 is 1.73. The van der Waals surface area contributed by atoms with Gasteiger partial charge in [0.2, 0.25) is 0 Å². The summed E-state index contributed by atoms with van der Waals surface area (Å²) in [5, 5.41) is 4.73. The number of hydrogen-bond acceptors (Lipinski definition) is 3. The zero-order chi connectivity index (χ0) is 11.9. The van der Waals surface area contributed by atoms with Gasteiger partial charge < -0.3 is 5.73 Å². The molecule has 1 unspecified atom stereocenters. The monoisotopic (exact) mass is 255 g/mol. The lowest BCUT2D eigenvalue weighted by atomic mass is 10.1. The van der Waals surface area contributed by atoms with E-state index in [0.29, 0.717) is 5.02 Å². The van der Waals surface area contributed by atoms with Gasteiger partial charge in [-0.15, -0.1) is 11.3 Å². The number of nitrogens with zero attached hydrogens (tertiary/aromatic N) is 2. The van der Waals surface area contributed by atoms with Crippen LogP contribution in [-0.4, -0.2) is 9.78 Å². The molecule has 2 heterocycles. The van der Waals surface area contributed by atoms with Gasteiger partial charge in [-0.25, -0.2) is 0 Å². The fraction of sp³-hybridized carbons (Fsp3) is 0.364. The second kappa shape index (κ2) is 4.20. The zero-order valence-electron chi connectivity index (χ0n) is 9.49. The standard InChI is InChI=1S/C11H14ClN3S/c1-6-4-9(16-7(6)2)10(13)11-8(12)5-14-15(11)3/h4-5,10H,13H2,1-3H3. The molecule has 0 amide bonds. The average Bonchev–Trinajstić information content (AvgIpc) is 2.72. The van der Waals surface area contributed by atoms with Crippen molar-refractivity contribution >= 4 is 22.9 Å². The van der Waals surface area contributed by atoms with Crippen LogP contribution in [0.25, 0.3) is 0 Å². The molecule has 2 N–H and O–H groups in total. The first kappa shape index (κ1) is 11.6. The summed E-state index contributed by atoms with van der Waals surface area (Å²) in [6.45, 7) is 4.19. The molecule has 86 valence electrons. The van der Waals surface area contributed by atoms with Gasteiger partial charge in [-0.1, -0.05) is 11.6 Å². The Kier molecular flexibility index (Phi) is 3.06. The van der Waals surface area contributed by atoms with Crippen LogP contribution in [0.1, 0.15) is 27.1 Å². The number of halogens is 1. The Bertz CT molecular complexity index is 476. The molecular formula is C11H14ClN3S. The minimum Gasteiger partial charge on any atom is -0.318 e.